The van der Waals surface area contributed by atoms with Gasteiger partial charge in [-0.1, -0.05) is 18.2 Å². The summed E-state index contributed by atoms with van der Waals surface area (Å²) in [6, 6.07) is 14.0. The number of nitrogens with one attached hydrogen (secondary N) is 1. The molecule has 1 N–H and O–H groups in total. The van der Waals surface area contributed by atoms with E-state index in [1.165, 1.54) is 4.90 Å². The lowest BCUT2D eigenvalue weighted by Crippen LogP contribution is -2.26. The topological polar surface area (TPSA) is 29.1 Å². The summed E-state index contributed by atoms with van der Waals surface area (Å²) in [6.07, 6.45) is 2.05. The van der Waals surface area contributed by atoms with Gasteiger partial charge in [0.2, 0.25) is 0 Å². The highest BCUT2D eigenvalue weighted by atomic mass is 79.9. The van der Waals surface area contributed by atoms with Crippen molar-refractivity contribution >= 4 is 33.6 Å². The largest absolute Gasteiger partial charge is 0.345 e. The molecular weight excluding hydrogens is 346 g/mol. The van der Waals surface area contributed by atoms with Gasteiger partial charge in [-0.05, 0) is 71.4 Å². The van der Waals surface area contributed by atoms with E-state index in [4.69, 9.17) is 0 Å². The first-order chi connectivity index (χ1) is 10.0. The standard InChI is InChI=1S/C17H18BrNOS/c1-11-4-9-15(16(18)10-11)17(20)19-12(2)13-5-7-14(21-3)8-6-13/h4-10,12H,1-3H3,(H,19,20). The van der Waals surface area contributed by atoms with Crippen LogP contribution in [0.5, 0.6) is 0 Å². The lowest BCUT2D eigenvalue weighted by Gasteiger charge is -2.15. The van der Waals surface area contributed by atoms with Crippen molar-refractivity contribution in [3.8, 4) is 0 Å². The monoisotopic (exact) mass is 363 g/mol. The molecule has 2 aromatic carbocycles. The fourth-order valence-corrected chi connectivity index (χ4v) is 3.14. The summed E-state index contributed by atoms with van der Waals surface area (Å²) in [4.78, 5) is 13.6. The maximum Gasteiger partial charge on any atom is 0.252 e. The van der Waals surface area contributed by atoms with Gasteiger partial charge in [-0.15, -0.1) is 11.8 Å². The van der Waals surface area contributed by atoms with E-state index >= 15 is 0 Å². The summed E-state index contributed by atoms with van der Waals surface area (Å²) in [5.74, 6) is -0.0664. The average molecular weight is 364 g/mol. The number of halogens is 1. The van der Waals surface area contributed by atoms with Gasteiger partial charge in [-0.3, -0.25) is 4.79 Å². The van der Waals surface area contributed by atoms with Crippen molar-refractivity contribution in [2.45, 2.75) is 24.8 Å². The van der Waals surface area contributed by atoms with Crippen LogP contribution in [0.25, 0.3) is 0 Å². The van der Waals surface area contributed by atoms with E-state index in [1.807, 2.05) is 32.0 Å². The van der Waals surface area contributed by atoms with Crippen LogP contribution in [0.15, 0.2) is 51.8 Å². The number of amides is 1. The Bertz CT molecular complexity index is 640. The highest BCUT2D eigenvalue weighted by Gasteiger charge is 2.14. The molecule has 0 radical (unpaired) electrons. The fraction of sp³-hybridized carbons (Fsp3) is 0.235. The molecule has 2 nitrogen and oxygen atoms in total. The molecule has 0 saturated carbocycles. The first kappa shape index (κ1) is 16.1. The van der Waals surface area contributed by atoms with Gasteiger partial charge in [0.05, 0.1) is 11.6 Å². The SMILES string of the molecule is CSc1ccc(C(C)NC(=O)c2ccc(C)cc2Br)cc1. The minimum absolute atomic E-state index is 0.0263. The van der Waals surface area contributed by atoms with E-state index in [2.05, 4.69) is 51.8 Å². The Balaban J connectivity index is 2.10. The molecule has 0 aliphatic carbocycles. The second-order valence-corrected chi connectivity index (χ2v) is 6.69. The molecule has 0 aromatic heterocycles. The number of thioether (sulfide) groups is 1. The predicted octanol–water partition coefficient (Wildman–Crippen LogP) is 4.97. The molecule has 1 amide bonds. The van der Waals surface area contributed by atoms with Crippen LogP contribution >= 0.6 is 27.7 Å². The van der Waals surface area contributed by atoms with Crippen LogP contribution in [0.4, 0.5) is 0 Å². The van der Waals surface area contributed by atoms with Crippen LogP contribution in [0.3, 0.4) is 0 Å². The second kappa shape index (κ2) is 7.14. The van der Waals surface area contributed by atoms with Crippen LogP contribution in [0.2, 0.25) is 0 Å². The molecule has 0 spiro atoms. The molecule has 110 valence electrons. The highest BCUT2D eigenvalue weighted by molar-refractivity contribution is 9.10. The van der Waals surface area contributed by atoms with Gasteiger partial charge in [0.15, 0.2) is 0 Å². The van der Waals surface area contributed by atoms with E-state index in [-0.39, 0.29) is 11.9 Å². The maximum absolute atomic E-state index is 12.3. The first-order valence-corrected chi connectivity index (χ1v) is 8.74. The lowest BCUT2D eigenvalue weighted by atomic mass is 10.1. The van der Waals surface area contributed by atoms with Gasteiger partial charge in [-0.25, -0.2) is 0 Å². The van der Waals surface area contributed by atoms with Crippen molar-refractivity contribution in [3.63, 3.8) is 0 Å². The molecular formula is C17H18BrNOS. The molecule has 0 fully saturated rings. The highest BCUT2D eigenvalue weighted by Crippen LogP contribution is 2.21. The van der Waals surface area contributed by atoms with E-state index < -0.39 is 0 Å². The Morgan fingerprint density at radius 2 is 1.86 bits per heavy atom. The zero-order valence-electron chi connectivity index (χ0n) is 12.3. The van der Waals surface area contributed by atoms with Crippen molar-refractivity contribution in [2.75, 3.05) is 6.26 Å². The third kappa shape index (κ3) is 4.11. The summed E-state index contributed by atoms with van der Waals surface area (Å²) in [5.41, 5.74) is 2.89. The molecule has 0 saturated heterocycles. The van der Waals surface area contributed by atoms with E-state index in [9.17, 15) is 4.79 Å². The van der Waals surface area contributed by atoms with Gasteiger partial charge in [-0.2, -0.15) is 0 Å². The number of rotatable bonds is 4. The molecule has 2 aromatic rings. The molecule has 0 aliphatic heterocycles. The molecule has 1 unspecified atom stereocenters. The maximum atomic E-state index is 12.3. The fourth-order valence-electron chi connectivity index (χ4n) is 2.05. The molecule has 4 heteroatoms. The van der Waals surface area contributed by atoms with Gasteiger partial charge < -0.3 is 5.32 Å². The summed E-state index contributed by atoms with van der Waals surface area (Å²) < 4.78 is 0.824. The average Bonchev–Trinajstić information content (AvgIpc) is 2.47. The van der Waals surface area contributed by atoms with E-state index in [0.717, 1.165) is 15.6 Å². The number of benzene rings is 2. The van der Waals surface area contributed by atoms with Crippen molar-refractivity contribution < 1.29 is 4.79 Å². The zero-order chi connectivity index (χ0) is 15.4. The Kier molecular flexibility index (Phi) is 5.48. The summed E-state index contributed by atoms with van der Waals surface area (Å²) >= 11 is 5.16. The van der Waals surface area contributed by atoms with E-state index in [0.29, 0.717) is 5.56 Å². The number of aryl methyl sites for hydroxylation is 1. The molecule has 0 aliphatic rings. The summed E-state index contributed by atoms with van der Waals surface area (Å²) in [6.45, 7) is 4.00. The number of hydrogen-bond donors (Lipinski definition) is 1. The zero-order valence-corrected chi connectivity index (χ0v) is 14.7. The second-order valence-electron chi connectivity index (χ2n) is 4.95. The minimum atomic E-state index is -0.0664. The van der Waals surface area contributed by atoms with Gasteiger partial charge in [0, 0.05) is 9.37 Å². The van der Waals surface area contributed by atoms with Crippen LogP contribution in [-0.4, -0.2) is 12.2 Å². The summed E-state index contributed by atoms with van der Waals surface area (Å²) in [5, 5.41) is 3.03. The first-order valence-electron chi connectivity index (χ1n) is 6.72. The number of carbonyl (C=O) groups excluding carboxylic acids is 1. The van der Waals surface area contributed by atoms with Crippen LogP contribution in [0.1, 0.15) is 34.5 Å². The third-order valence-corrected chi connectivity index (χ3v) is 4.73. The molecule has 0 bridgehead atoms. The minimum Gasteiger partial charge on any atom is -0.345 e. The quantitative estimate of drug-likeness (QED) is 0.776. The molecule has 2 rings (SSSR count). The Morgan fingerprint density at radius 1 is 1.19 bits per heavy atom. The van der Waals surface area contributed by atoms with Crippen LogP contribution in [0, 0.1) is 6.92 Å². The Labute approximate surface area is 138 Å². The van der Waals surface area contributed by atoms with Gasteiger partial charge >= 0.3 is 0 Å². The third-order valence-electron chi connectivity index (χ3n) is 3.33. The Hall–Kier alpha value is -1.26. The van der Waals surface area contributed by atoms with Crippen LogP contribution in [-0.2, 0) is 0 Å². The summed E-state index contributed by atoms with van der Waals surface area (Å²) in [7, 11) is 0. The van der Waals surface area contributed by atoms with Crippen molar-refractivity contribution in [2.24, 2.45) is 0 Å². The molecule has 1 atom stereocenters. The number of carbonyl (C=O) groups is 1. The van der Waals surface area contributed by atoms with Gasteiger partial charge in [0.1, 0.15) is 0 Å². The van der Waals surface area contributed by atoms with Crippen LogP contribution < -0.4 is 5.32 Å². The van der Waals surface area contributed by atoms with Crippen molar-refractivity contribution in [1.29, 1.82) is 0 Å². The molecule has 0 heterocycles. The lowest BCUT2D eigenvalue weighted by molar-refractivity contribution is 0.0939. The smallest absolute Gasteiger partial charge is 0.252 e. The van der Waals surface area contributed by atoms with Crippen molar-refractivity contribution in [3.05, 3.63) is 63.6 Å². The Morgan fingerprint density at radius 3 is 2.43 bits per heavy atom. The van der Waals surface area contributed by atoms with Crippen molar-refractivity contribution in [1.82, 2.24) is 5.32 Å². The molecule has 21 heavy (non-hydrogen) atoms. The van der Waals surface area contributed by atoms with E-state index in [1.54, 1.807) is 11.8 Å². The van der Waals surface area contributed by atoms with Gasteiger partial charge in [0.25, 0.3) is 5.91 Å². The predicted molar refractivity (Wildman–Crippen MR) is 93.0 cm³/mol. The number of hydrogen-bond acceptors (Lipinski definition) is 2. The normalized spacial score (nSPS) is 12.0.